The average Bonchev–Trinajstić information content (AvgIpc) is 3.28. The van der Waals surface area contributed by atoms with E-state index >= 15 is 0 Å². The summed E-state index contributed by atoms with van der Waals surface area (Å²) in [5.41, 5.74) is 2.53. The Labute approximate surface area is 139 Å². The fraction of sp³-hybridized carbons (Fsp3) is 0.529. The highest BCUT2D eigenvalue weighted by molar-refractivity contribution is 5.95. The highest BCUT2D eigenvalue weighted by atomic mass is 16.5. The minimum atomic E-state index is -0.0783. The summed E-state index contributed by atoms with van der Waals surface area (Å²) in [6, 6.07) is 1.69. The van der Waals surface area contributed by atoms with Gasteiger partial charge in [0.25, 0.3) is 11.5 Å². The largest absolute Gasteiger partial charge is 0.361 e. The number of nitrogens with zero attached hydrogens (tertiary/aromatic N) is 4. The molecule has 24 heavy (non-hydrogen) atoms. The zero-order chi connectivity index (χ0) is 16.7. The van der Waals surface area contributed by atoms with Crippen LogP contribution in [0.25, 0.3) is 0 Å². The van der Waals surface area contributed by atoms with Gasteiger partial charge in [0.05, 0.1) is 24.5 Å². The fourth-order valence-corrected chi connectivity index (χ4v) is 3.72. The summed E-state index contributed by atoms with van der Waals surface area (Å²) >= 11 is 0. The second-order valence-corrected chi connectivity index (χ2v) is 6.58. The first-order valence-corrected chi connectivity index (χ1v) is 8.45. The van der Waals surface area contributed by atoms with E-state index in [4.69, 9.17) is 4.52 Å². The second kappa shape index (κ2) is 5.89. The maximum absolute atomic E-state index is 12.7. The molecule has 1 amide bonds. The lowest BCUT2D eigenvalue weighted by Gasteiger charge is -2.24. The molecule has 0 bridgehead atoms. The number of fused-ring (bicyclic) bond motifs is 1. The monoisotopic (exact) mass is 328 g/mol. The van der Waals surface area contributed by atoms with Gasteiger partial charge in [-0.05, 0) is 44.6 Å². The van der Waals surface area contributed by atoms with Gasteiger partial charge in [0, 0.05) is 12.6 Å². The van der Waals surface area contributed by atoms with E-state index in [2.05, 4.69) is 10.3 Å². The van der Waals surface area contributed by atoms with Gasteiger partial charge in [0.15, 0.2) is 0 Å². The molecule has 0 radical (unpaired) electrons. The molecule has 0 aromatic carbocycles. The number of hydrogen-bond acceptors (Lipinski definition) is 5. The van der Waals surface area contributed by atoms with Gasteiger partial charge in [-0.2, -0.15) is 5.10 Å². The molecule has 3 heterocycles. The van der Waals surface area contributed by atoms with Crippen LogP contribution in [-0.2, 0) is 19.4 Å². The summed E-state index contributed by atoms with van der Waals surface area (Å²) in [6.45, 7) is 2.87. The number of likely N-dealkylation sites (tertiary alicyclic amines) is 1. The number of amides is 1. The van der Waals surface area contributed by atoms with Crippen molar-refractivity contribution in [1.29, 1.82) is 0 Å². The number of hydrogen-bond donors (Lipinski definition) is 0. The van der Waals surface area contributed by atoms with E-state index in [0.717, 1.165) is 43.4 Å². The number of carbonyl (C=O) groups is 1. The van der Waals surface area contributed by atoms with Crippen molar-refractivity contribution in [2.24, 2.45) is 0 Å². The number of aromatic nitrogens is 3. The van der Waals surface area contributed by atoms with Gasteiger partial charge in [0.2, 0.25) is 0 Å². The highest BCUT2D eigenvalue weighted by Gasteiger charge is 2.32. The third-order valence-corrected chi connectivity index (χ3v) is 5.03. The summed E-state index contributed by atoms with van der Waals surface area (Å²) in [5, 5.41) is 8.21. The van der Waals surface area contributed by atoms with Crippen molar-refractivity contribution in [3.05, 3.63) is 45.2 Å². The Morgan fingerprint density at radius 2 is 2.25 bits per heavy atom. The minimum absolute atomic E-state index is 0.0172. The highest BCUT2D eigenvalue weighted by Crippen LogP contribution is 2.23. The lowest BCUT2D eigenvalue weighted by Crippen LogP contribution is -2.40. The topological polar surface area (TPSA) is 81.2 Å². The van der Waals surface area contributed by atoms with Crippen molar-refractivity contribution in [1.82, 2.24) is 19.8 Å². The van der Waals surface area contributed by atoms with Crippen LogP contribution in [0, 0.1) is 6.92 Å². The molecule has 7 nitrogen and oxygen atoms in total. The lowest BCUT2D eigenvalue weighted by atomic mass is 10.2. The van der Waals surface area contributed by atoms with Gasteiger partial charge in [-0.15, -0.1) is 0 Å². The van der Waals surface area contributed by atoms with Crippen molar-refractivity contribution in [2.75, 3.05) is 6.54 Å². The predicted molar refractivity (Wildman–Crippen MR) is 85.8 cm³/mol. The number of carbonyl (C=O) groups excluding carboxylic acids is 1. The SMILES string of the molecule is Cc1oncc1C(=O)N1CCCC1Cn1nc2c(cc1=O)CCC2. The summed E-state index contributed by atoms with van der Waals surface area (Å²) in [4.78, 5) is 26.8. The first kappa shape index (κ1) is 15.1. The molecule has 1 aliphatic heterocycles. The molecular weight excluding hydrogens is 308 g/mol. The Bertz CT molecular complexity index is 839. The normalized spacial score (nSPS) is 19.7. The van der Waals surface area contributed by atoms with Crippen molar-refractivity contribution < 1.29 is 9.32 Å². The fourth-order valence-electron chi connectivity index (χ4n) is 3.72. The van der Waals surface area contributed by atoms with Gasteiger partial charge in [-0.1, -0.05) is 5.16 Å². The van der Waals surface area contributed by atoms with Crippen molar-refractivity contribution in [3.63, 3.8) is 0 Å². The molecule has 1 unspecified atom stereocenters. The third-order valence-electron chi connectivity index (χ3n) is 5.03. The van der Waals surface area contributed by atoms with Crippen LogP contribution in [0.3, 0.4) is 0 Å². The van der Waals surface area contributed by atoms with Crippen LogP contribution in [0.15, 0.2) is 21.6 Å². The van der Waals surface area contributed by atoms with E-state index in [0.29, 0.717) is 24.4 Å². The average molecular weight is 328 g/mol. The molecule has 0 N–H and O–H groups in total. The van der Waals surface area contributed by atoms with Crippen molar-refractivity contribution in [3.8, 4) is 0 Å². The van der Waals surface area contributed by atoms with E-state index in [1.165, 1.54) is 10.9 Å². The Morgan fingerprint density at radius 3 is 3.04 bits per heavy atom. The van der Waals surface area contributed by atoms with Gasteiger partial charge in [-0.3, -0.25) is 9.59 Å². The maximum Gasteiger partial charge on any atom is 0.267 e. The van der Waals surface area contributed by atoms with Gasteiger partial charge in [0.1, 0.15) is 11.3 Å². The first-order valence-electron chi connectivity index (χ1n) is 8.45. The van der Waals surface area contributed by atoms with E-state index in [1.54, 1.807) is 13.0 Å². The summed E-state index contributed by atoms with van der Waals surface area (Å²) < 4.78 is 6.53. The molecule has 4 rings (SSSR count). The molecule has 2 aliphatic rings. The molecule has 1 fully saturated rings. The van der Waals surface area contributed by atoms with Gasteiger partial charge in [-0.25, -0.2) is 4.68 Å². The van der Waals surface area contributed by atoms with E-state index in [1.807, 2.05) is 4.90 Å². The molecule has 0 saturated carbocycles. The standard InChI is InChI=1S/C17H20N4O3/c1-11-14(9-18-24-11)17(23)20-7-3-5-13(20)10-21-16(22)8-12-4-2-6-15(12)19-21/h8-9,13H,2-7,10H2,1H3. The van der Waals surface area contributed by atoms with Crippen LogP contribution in [-0.4, -0.2) is 38.3 Å². The summed E-state index contributed by atoms with van der Waals surface area (Å²) in [6.07, 6.45) is 6.21. The molecule has 1 saturated heterocycles. The smallest absolute Gasteiger partial charge is 0.267 e. The molecule has 0 spiro atoms. The number of aryl methyl sites for hydroxylation is 3. The molecule has 1 aliphatic carbocycles. The quantitative estimate of drug-likeness (QED) is 0.849. The molecule has 126 valence electrons. The maximum atomic E-state index is 12.7. The van der Waals surface area contributed by atoms with Crippen LogP contribution in [0.2, 0.25) is 0 Å². The minimum Gasteiger partial charge on any atom is -0.361 e. The molecule has 7 heteroatoms. The van der Waals surface area contributed by atoms with Crippen LogP contribution in [0.4, 0.5) is 0 Å². The van der Waals surface area contributed by atoms with Crippen LogP contribution in [0.1, 0.15) is 46.6 Å². The first-order chi connectivity index (χ1) is 11.6. The number of rotatable bonds is 3. The summed E-state index contributed by atoms with van der Waals surface area (Å²) in [5.74, 6) is 0.448. The molecule has 1 atom stereocenters. The molecule has 2 aromatic rings. The zero-order valence-corrected chi connectivity index (χ0v) is 13.7. The Hall–Kier alpha value is -2.44. The summed E-state index contributed by atoms with van der Waals surface area (Å²) in [7, 11) is 0. The van der Waals surface area contributed by atoms with Gasteiger partial charge < -0.3 is 9.42 Å². The molecular formula is C17H20N4O3. The van der Waals surface area contributed by atoms with E-state index in [9.17, 15) is 9.59 Å². The Morgan fingerprint density at radius 1 is 1.38 bits per heavy atom. The Kier molecular flexibility index (Phi) is 3.70. The Balaban J connectivity index is 1.57. The van der Waals surface area contributed by atoms with Crippen molar-refractivity contribution in [2.45, 2.75) is 51.6 Å². The van der Waals surface area contributed by atoms with Crippen LogP contribution in [0.5, 0.6) is 0 Å². The lowest BCUT2D eigenvalue weighted by molar-refractivity contribution is 0.0718. The van der Waals surface area contributed by atoms with E-state index < -0.39 is 0 Å². The van der Waals surface area contributed by atoms with Crippen molar-refractivity contribution >= 4 is 5.91 Å². The predicted octanol–water partition coefficient (Wildman–Crippen LogP) is 1.33. The third kappa shape index (κ3) is 2.53. The van der Waals surface area contributed by atoms with Crippen LogP contribution >= 0.6 is 0 Å². The van der Waals surface area contributed by atoms with E-state index in [-0.39, 0.29) is 17.5 Å². The van der Waals surface area contributed by atoms with Gasteiger partial charge >= 0.3 is 0 Å². The second-order valence-electron chi connectivity index (χ2n) is 6.58. The molecule has 2 aromatic heterocycles. The van der Waals surface area contributed by atoms with Crippen LogP contribution < -0.4 is 5.56 Å². The zero-order valence-electron chi connectivity index (χ0n) is 13.7.